The number of nitro groups is 1. The summed E-state index contributed by atoms with van der Waals surface area (Å²) >= 11 is 1.64. The molecule has 0 amide bonds. The Bertz CT molecular complexity index is 597. The molecule has 100 valence electrons. The van der Waals surface area contributed by atoms with Crippen LogP contribution >= 0.6 is 11.3 Å². The molecule has 1 aromatic carbocycles. The van der Waals surface area contributed by atoms with Crippen molar-refractivity contribution in [1.82, 2.24) is 0 Å². The molecule has 0 spiro atoms. The summed E-state index contributed by atoms with van der Waals surface area (Å²) in [6.07, 6.45) is 0.969. The molecule has 2 aromatic rings. The van der Waals surface area contributed by atoms with Crippen LogP contribution in [0.25, 0.3) is 0 Å². The van der Waals surface area contributed by atoms with Crippen LogP contribution in [0, 0.1) is 15.9 Å². The van der Waals surface area contributed by atoms with Crippen molar-refractivity contribution >= 4 is 17.0 Å². The van der Waals surface area contributed by atoms with E-state index >= 15 is 0 Å². The van der Waals surface area contributed by atoms with Gasteiger partial charge in [0.2, 0.25) is 5.82 Å². The first-order valence-electron chi connectivity index (χ1n) is 5.74. The maximum absolute atomic E-state index is 13.4. The molecule has 0 N–H and O–H groups in total. The normalized spacial score (nSPS) is 10.4. The number of benzene rings is 1. The van der Waals surface area contributed by atoms with Gasteiger partial charge >= 0.3 is 5.69 Å². The lowest BCUT2D eigenvalue weighted by atomic mass is 10.3. The second-order valence-corrected chi connectivity index (χ2v) is 5.13. The Morgan fingerprint density at radius 1 is 1.32 bits per heavy atom. The number of aryl methyl sites for hydroxylation is 1. The largest absolute Gasteiger partial charge is 0.488 e. The van der Waals surface area contributed by atoms with Crippen molar-refractivity contribution in [3.05, 3.63) is 56.0 Å². The predicted octanol–water partition coefficient (Wildman–Crippen LogP) is 3.94. The van der Waals surface area contributed by atoms with Crippen molar-refractivity contribution in [3.63, 3.8) is 0 Å². The standard InChI is InChI=1S/C13H12FNO3S/c1-2-10-4-5-11(19-10)8-18-9-3-6-13(15(16)17)12(14)7-9/h3-7H,2,8H2,1H3. The molecule has 19 heavy (non-hydrogen) atoms. The summed E-state index contributed by atoms with van der Waals surface area (Å²) in [5.41, 5.74) is -0.545. The zero-order valence-electron chi connectivity index (χ0n) is 10.3. The lowest BCUT2D eigenvalue weighted by Gasteiger charge is -2.04. The van der Waals surface area contributed by atoms with Gasteiger partial charge in [-0.3, -0.25) is 10.1 Å². The van der Waals surface area contributed by atoms with Gasteiger partial charge in [0, 0.05) is 21.9 Å². The average Bonchev–Trinajstić information content (AvgIpc) is 2.84. The maximum atomic E-state index is 13.4. The minimum atomic E-state index is -0.886. The minimum absolute atomic E-state index is 0.287. The summed E-state index contributed by atoms with van der Waals surface area (Å²) in [4.78, 5) is 12.0. The molecule has 1 heterocycles. The summed E-state index contributed by atoms with van der Waals surface area (Å²) in [6.45, 7) is 2.41. The van der Waals surface area contributed by atoms with Crippen molar-refractivity contribution in [2.75, 3.05) is 0 Å². The molecule has 0 unspecified atom stereocenters. The molecular weight excluding hydrogens is 269 g/mol. The van der Waals surface area contributed by atoms with Gasteiger partial charge in [-0.05, 0) is 24.6 Å². The smallest absolute Gasteiger partial charge is 0.305 e. The number of hydrogen-bond donors (Lipinski definition) is 0. The monoisotopic (exact) mass is 281 g/mol. The SMILES string of the molecule is CCc1ccc(COc2ccc([N+](=O)[O-])c(F)c2)s1. The Morgan fingerprint density at radius 3 is 2.63 bits per heavy atom. The molecule has 0 atom stereocenters. The quantitative estimate of drug-likeness (QED) is 0.616. The number of ether oxygens (including phenoxy) is 1. The molecule has 0 saturated carbocycles. The van der Waals surface area contributed by atoms with Crippen molar-refractivity contribution in [1.29, 1.82) is 0 Å². The molecule has 0 aliphatic heterocycles. The van der Waals surface area contributed by atoms with Gasteiger partial charge in [0.05, 0.1) is 4.92 Å². The number of hydrogen-bond acceptors (Lipinski definition) is 4. The predicted molar refractivity (Wildman–Crippen MR) is 71.1 cm³/mol. The minimum Gasteiger partial charge on any atom is -0.488 e. The molecule has 6 heteroatoms. The van der Waals surface area contributed by atoms with Crippen LogP contribution in [-0.2, 0) is 13.0 Å². The Labute approximate surface area is 113 Å². The third-order valence-corrected chi connectivity index (χ3v) is 3.77. The molecule has 4 nitrogen and oxygen atoms in total. The van der Waals surface area contributed by atoms with Crippen LogP contribution < -0.4 is 4.74 Å². The van der Waals surface area contributed by atoms with Crippen molar-refractivity contribution in [3.8, 4) is 5.75 Å². The van der Waals surface area contributed by atoms with Crippen LogP contribution in [0.1, 0.15) is 16.7 Å². The van der Waals surface area contributed by atoms with Gasteiger partial charge in [0.25, 0.3) is 0 Å². The van der Waals surface area contributed by atoms with Crippen LogP contribution in [0.5, 0.6) is 5.75 Å². The lowest BCUT2D eigenvalue weighted by molar-refractivity contribution is -0.387. The first kappa shape index (κ1) is 13.5. The topological polar surface area (TPSA) is 52.4 Å². The van der Waals surface area contributed by atoms with Crippen LogP contribution in [0.15, 0.2) is 30.3 Å². The van der Waals surface area contributed by atoms with Gasteiger partial charge in [-0.1, -0.05) is 6.92 Å². The molecular formula is C13H12FNO3S. The molecule has 0 bridgehead atoms. The number of nitrogens with zero attached hydrogens (tertiary/aromatic N) is 1. The molecule has 0 aliphatic carbocycles. The van der Waals surface area contributed by atoms with Crippen molar-refractivity contribution in [2.45, 2.75) is 20.0 Å². The first-order chi connectivity index (χ1) is 9.10. The highest BCUT2D eigenvalue weighted by Gasteiger charge is 2.14. The van der Waals surface area contributed by atoms with E-state index in [9.17, 15) is 14.5 Å². The lowest BCUT2D eigenvalue weighted by Crippen LogP contribution is -1.96. The van der Waals surface area contributed by atoms with Crippen molar-refractivity contribution in [2.24, 2.45) is 0 Å². The summed E-state index contributed by atoms with van der Waals surface area (Å²) in [6, 6.07) is 7.53. The van der Waals surface area contributed by atoms with E-state index in [4.69, 9.17) is 4.74 Å². The summed E-state index contributed by atoms with van der Waals surface area (Å²) in [5.74, 6) is -0.600. The summed E-state index contributed by atoms with van der Waals surface area (Å²) in [7, 11) is 0. The molecule has 0 saturated heterocycles. The van der Waals surface area contributed by atoms with E-state index in [0.717, 1.165) is 23.4 Å². The highest BCUT2D eigenvalue weighted by Crippen LogP contribution is 2.24. The van der Waals surface area contributed by atoms with Crippen LogP contribution in [0.4, 0.5) is 10.1 Å². The van der Waals surface area contributed by atoms with Gasteiger partial charge in [-0.2, -0.15) is 4.39 Å². The zero-order valence-corrected chi connectivity index (χ0v) is 11.1. The number of halogens is 1. The van der Waals surface area contributed by atoms with Crippen LogP contribution in [-0.4, -0.2) is 4.92 Å². The molecule has 0 fully saturated rings. The highest BCUT2D eigenvalue weighted by molar-refractivity contribution is 7.11. The van der Waals surface area contributed by atoms with Crippen LogP contribution in [0.2, 0.25) is 0 Å². The fourth-order valence-electron chi connectivity index (χ4n) is 1.57. The maximum Gasteiger partial charge on any atom is 0.305 e. The number of thiophene rings is 1. The van der Waals surface area contributed by atoms with E-state index in [2.05, 4.69) is 6.92 Å². The Balaban J connectivity index is 2.03. The third kappa shape index (κ3) is 3.29. The summed E-state index contributed by atoms with van der Waals surface area (Å²) < 4.78 is 18.8. The molecule has 1 aromatic heterocycles. The highest BCUT2D eigenvalue weighted by atomic mass is 32.1. The molecule has 2 rings (SSSR count). The third-order valence-electron chi connectivity index (χ3n) is 2.56. The van der Waals surface area contributed by atoms with E-state index in [1.54, 1.807) is 11.3 Å². The Morgan fingerprint density at radius 2 is 2.05 bits per heavy atom. The van der Waals surface area contributed by atoms with E-state index in [0.29, 0.717) is 6.61 Å². The van der Waals surface area contributed by atoms with Gasteiger partial charge in [-0.15, -0.1) is 11.3 Å². The van der Waals surface area contributed by atoms with Gasteiger partial charge in [-0.25, -0.2) is 0 Å². The van der Waals surface area contributed by atoms with Gasteiger partial charge in [0.1, 0.15) is 12.4 Å². The van der Waals surface area contributed by atoms with Crippen LogP contribution in [0.3, 0.4) is 0 Å². The Hall–Kier alpha value is -1.95. The fraction of sp³-hybridized carbons (Fsp3) is 0.231. The zero-order chi connectivity index (χ0) is 13.8. The summed E-state index contributed by atoms with van der Waals surface area (Å²) in [5, 5.41) is 10.5. The van der Waals surface area contributed by atoms with E-state index in [-0.39, 0.29) is 5.75 Å². The Kier molecular flexibility index (Phi) is 4.11. The van der Waals surface area contributed by atoms with E-state index < -0.39 is 16.4 Å². The fourth-order valence-corrected chi connectivity index (χ4v) is 2.44. The molecule has 0 radical (unpaired) electrons. The second kappa shape index (κ2) is 5.79. The van der Waals surface area contributed by atoms with Gasteiger partial charge < -0.3 is 4.74 Å². The second-order valence-electron chi connectivity index (χ2n) is 3.88. The van der Waals surface area contributed by atoms with E-state index in [1.807, 2.05) is 12.1 Å². The molecule has 0 aliphatic rings. The first-order valence-corrected chi connectivity index (χ1v) is 6.56. The van der Waals surface area contributed by atoms with Gasteiger partial charge in [0.15, 0.2) is 0 Å². The van der Waals surface area contributed by atoms with Crippen molar-refractivity contribution < 1.29 is 14.1 Å². The number of rotatable bonds is 5. The number of nitro benzene ring substituents is 1. The van der Waals surface area contributed by atoms with E-state index in [1.165, 1.54) is 10.9 Å². The average molecular weight is 281 g/mol.